The highest BCUT2D eigenvalue weighted by Crippen LogP contribution is 2.30. The molecule has 1 aromatic carbocycles. The van der Waals surface area contributed by atoms with E-state index in [0.29, 0.717) is 18.7 Å². The van der Waals surface area contributed by atoms with E-state index in [1.807, 2.05) is 6.92 Å². The highest BCUT2D eigenvalue weighted by atomic mass is 35.5. The van der Waals surface area contributed by atoms with E-state index < -0.39 is 11.0 Å². The lowest BCUT2D eigenvalue weighted by Crippen LogP contribution is -2.18. The van der Waals surface area contributed by atoms with Crippen LogP contribution in [-0.2, 0) is 0 Å². The molecule has 0 amide bonds. The summed E-state index contributed by atoms with van der Waals surface area (Å²) in [5.41, 5.74) is 1.32. The van der Waals surface area contributed by atoms with Gasteiger partial charge in [0.25, 0.3) is 5.69 Å². The number of benzene rings is 1. The quantitative estimate of drug-likeness (QED) is 0.629. The molecule has 1 unspecified atom stereocenters. The normalized spacial score (nSPS) is 12.2. The van der Waals surface area contributed by atoms with Crippen molar-refractivity contribution in [3.8, 4) is 0 Å². The average Bonchev–Trinajstić information content (AvgIpc) is 2.28. The van der Waals surface area contributed by atoms with Gasteiger partial charge in [-0.1, -0.05) is 18.5 Å². The summed E-state index contributed by atoms with van der Waals surface area (Å²) in [6, 6.07) is 2.93. The summed E-state index contributed by atoms with van der Waals surface area (Å²) in [7, 11) is 0. The van der Waals surface area contributed by atoms with E-state index in [1.54, 1.807) is 6.92 Å². The Bertz CT molecular complexity index is 423. The maximum Gasteiger partial charge on any atom is 0.288 e. The number of nitrogens with zero attached hydrogens (tertiary/aromatic N) is 1. The monoisotopic (exact) mass is 258 g/mol. The maximum absolute atomic E-state index is 10.7. The molecule has 6 heteroatoms. The number of aliphatic hydroxyl groups excluding tert-OH is 1. The highest BCUT2D eigenvalue weighted by Gasteiger charge is 2.15. The molecule has 1 atom stereocenters. The minimum absolute atomic E-state index is 0.0917. The van der Waals surface area contributed by atoms with Crippen LogP contribution in [-0.4, -0.2) is 22.7 Å². The predicted molar refractivity (Wildman–Crippen MR) is 67.6 cm³/mol. The number of hydrogen-bond acceptors (Lipinski definition) is 4. The second kappa shape index (κ2) is 5.84. The number of nitro benzene ring substituents is 1. The molecule has 0 bridgehead atoms. The van der Waals surface area contributed by atoms with Gasteiger partial charge in [0.1, 0.15) is 5.02 Å². The van der Waals surface area contributed by atoms with Gasteiger partial charge in [-0.3, -0.25) is 10.1 Å². The Morgan fingerprint density at radius 3 is 2.76 bits per heavy atom. The average molecular weight is 259 g/mol. The number of rotatable bonds is 5. The van der Waals surface area contributed by atoms with Crippen molar-refractivity contribution < 1.29 is 10.0 Å². The van der Waals surface area contributed by atoms with Gasteiger partial charge in [0.15, 0.2) is 0 Å². The molecule has 0 aliphatic carbocycles. The zero-order valence-electron chi connectivity index (χ0n) is 9.74. The summed E-state index contributed by atoms with van der Waals surface area (Å²) in [6.07, 6.45) is 0.204. The first-order valence-corrected chi connectivity index (χ1v) is 5.70. The van der Waals surface area contributed by atoms with Crippen LogP contribution in [0, 0.1) is 17.0 Å². The van der Waals surface area contributed by atoms with Gasteiger partial charge in [-0.2, -0.15) is 0 Å². The fraction of sp³-hybridized carbons (Fsp3) is 0.455. The molecule has 0 aliphatic rings. The van der Waals surface area contributed by atoms with Crippen molar-refractivity contribution >= 4 is 23.0 Å². The Balaban J connectivity index is 2.88. The van der Waals surface area contributed by atoms with Crippen LogP contribution >= 0.6 is 11.6 Å². The third kappa shape index (κ3) is 3.57. The van der Waals surface area contributed by atoms with Crippen LogP contribution in [0.15, 0.2) is 12.1 Å². The third-order valence-electron chi connectivity index (χ3n) is 2.49. The predicted octanol–water partition coefficient (Wildman–Crippen LogP) is 2.74. The second-order valence-corrected chi connectivity index (χ2v) is 4.23. The largest absolute Gasteiger partial charge is 0.391 e. The minimum atomic E-state index is -0.514. The molecule has 1 aromatic rings. The molecule has 1 rings (SSSR count). The molecule has 5 nitrogen and oxygen atoms in total. The molecule has 94 valence electrons. The van der Waals surface area contributed by atoms with Gasteiger partial charge in [-0.05, 0) is 25.0 Å². The van der Waals surface area contributed by atoms with E-state index >= 15 is 0 Å². The SMILES string of the molecule is CCC(O)CNc1cc(Cl)c([N+](=O)[O-])cc1C. The number of halogens is 1. The molecule has 0 aliphatic heterocycles. The Labute approximate surface area is 105 Å². The van der Waals surface area contributed by atoms with E-state index in [2.05, 4.69) is 5.32 Å². The van der Waals surface area contributed by atoms with Gasteiger partial charge >= 0.3 is 0 Å². The summed E-state index contributed by atoms with van der Waals surface area (Å²) < 4.78 is 0. The zero-order valence-corrected chi connectivity index (χ0v) is 10.5. The van der Waals surface area contributed by atoms with Gasteiger partial charge in [0.05, 0.1) is 11.0 Å². The standard InChI is InChI=1S/C11H15ClN2O3/c1-3-8(15)6-13-10-5-9(12)11(14(16)17)4-7(10)2/h4-5,8,13,15H,3,6H2,1-2H3. The fourth-order valence-electron chi connectivity index (χ4n) is 1.37. The van der Waals surface area contributed by atoms with Crippen LogP contribution in [0.2, 0.25) is 5.02 Å². The van der Waals surface area contributed by atoms with Crippen molar-refractivity contribution in [3.63, 3.8) is 0 Å². The fourth-order valence-corrected chi connectivity index (χ4v) is 1.60. The maximum atomic E-state index is 10.7. The van der Waals surface area contributed by atoms with Crippen LogP contribution < -0.4 is 5.32 Å². The minimum Gasteiger partial charge on any atom is -0.391 e. The van der Waals surface area contributed by atoms with Crippen LogP contribution in [0.3, 0.4) is 0 Å². The molecule has 2 N–H and O–H groups in total. The van der Waals surface area contributed by atoms with Crippen molar-refractivity contribution in [2.45, 2.75) is 26.4 Å². The van der Waals surface area contributed by atoms with Crippen LogP contribution in [0.5, 0.6) is 0 Å². The van der Waals surface area contributed by atoms with Gasteiger partial charge in [0, 0.05) is 18.3 Å². The van der Waals surface area contributed by atoms with Gasteiger partial charge < -0.3 is 10.4 Å². The smallest absolute Gasteiger partial charge is 0.288 e. The van der Waals surface area contributed by atoms with Crippen LogP contribution in [0.25, 0.3) is 0 Å². The Hall–Kier alpha value is -1.33. The molecule has 0 saturated heterocycles. The van der Waals surface area contributed by atoms with Gasteiger partial charge in [0.2, 0.25) is 0 Å². The molecular weight excluding hydrogens is 244 g/mol. The van der Waals surface area contributed by atoms with Crippen molar-refractivity contribution in [1.29, 1.82) is 0 Å². The lowest BCUT2D eigenvalue weighted by Gasteiger charge is -2.13. The number of hydrogen-bond donors (Lipinski definition) is 2. The summed E-state index contributed by atoms with van der Waals surface area (Å²) >= 11 is 5.80. The van der Waals surface area contributed by atoms with Crippen molar-refractivity contribution in [2.75, 3.05) is 11.9 Å². The molecule has 0 aromatic heterocycles. The lowest BCUT2D eigenvalue weighted by molar-refractivity contribution is -0.384. The van der Waals surface area contributed by atoms with Crippen molar-refractivity contribution in [3.05, 3.63) is 32.8 Å². The van der Waals surface area contributed by atoms with Crippen molar-refractivity contribution in [1.82, 2.24) is 0 Å². The molecule has 0 radical (unpaired) electrons. The first kappa shape index (κ1) is 13.7. The molecule has 0 spiro atoms. The zero-order chi connectivity index (χ0) is 13.0. The van der Waals surface area contributed by atoms with Crippen LogP contribution in [0.4, 0.5) is 11.4 Å². The summed E-state index contributed by atoms with van der Waals surface area (Å²) in [4.78, 5) is 10.1. The van der Waals surface area contributed by atoms with E-state index in [1.165, 1.54) is 12.1 Å². The van der Waals surface area contributed by atoms with Gasteiger partial charge in [-0.25, -0.2) is 0 Å². The van der Waals surface area contributed by atoms with Gasteiger partial charge in [-0.15, -0.1) is 0 Å². The topological polar surface area (TPSA) is 75.4 Å². The van der Waals surface area contributed by atoms with E-state index in [4.69, 9.17) is 11.6 Å². The summed E-state index contributed by atoms with van der Waals surface area (Å²) in [5, 5.41) is 23.2. The van der Waals surface area contributed by atoms with E-state index in [9.17, 15) is 15.2 Å². The molecule has 0 heterocycles. The molecular formula is C11H15ClN2O3. The van der Waals surface area contributed by atoms with Crippen molar-refractivity contribution in [2.24, 2.45) is 0 Å². The number of nitro groups is 1. The highest BCUT2D eigenvalue weighted by molar-refractivity contribution is 6.33. The Morgan fingerprint density at radius 2 is 2.24 bits per heavy atom. The Kier molecular flexibility index (Phi) is 4.72. The molecule has 0 fully saturated rings. The molecule has 0 saturated carbocycles. The first-order valence-electron chi connectivity index (χ1n) is 5.32. The number of nitrogens with one attached hydrogen (secondary N) is 1. The first-order chi connectivity index (χ1) is 7.95. The lowest BCUT2D eigenvalue weighted by atomic mass is 10.1. The summed E-state index contributed by atoms with van der Waals surface area (Å²) in [6.45, 7) is 4.03. The van der Waals surface area contributed by atoms with E-state index in [0.717, 1.165) is 5.56 Å². The number of anilines is 1. The third-order valence-corrected chi connectivity index (χ3v) is 2.79. The molecule has 17 heavy (non-hydrogen) atoms. The van der Waals surface area contributed by atoms with E-state index in [-0.39, 0.29) is 10.7 Å². The second-order valence-electron chi connectivity index (χ2n) is 3.82. The number of aryl methyl sites for hydroxylation is 1. The number of aliphatic hydroxyl groups is 1. The summed E-state index contributed by atoms with van der Waals surface area (Å²) in [5.74, 6) is 0. The Morgan fingerprint density at radius 1 is 1.59 bits per heavy atom. The van der Waals surface area contributed by atoms with Crippen LogP contribution in [0.1, 0.15) is 18.9 Å².